The zero-order chi connectivity index (χ0) is 39.8. The lowest BCUT2D eigenvalue weighted by Crippen LogP contribution is -2.27. The first-order valence-corrected chi connectivity index (χ1v) is 23.5. The summed E-state index contributed by atoms with van der Waals surface area (Å²) in [5.74, 6) is -0.208. The van der Waals surface area contributed by atoms with Crippen molar-refractivity contribution in [2.75, 3.05) is 19.8 Å². The zero-order valence-electron chi connectivity index (χ0n) is 36.4. The molecule has 0 aliphatic carbocycles. The molecule has 1 unspecified atom stereocenters. The lowest BCUT2D eigenvalue weighted by molar-refractivity contribution is -0.154. The van der Waals surface area contributed by atoms with Crippen molar-refractivity contribution in [1.29, 1.82) is 0 Å². The summed E-state index contributed by atoms with van der Waals surface area (Å²) in [6.07, 6.45) is 65.4. The first-order valence-electron chi connectivity index (χ1n) is 23.5. The summed E-state index contributed by atoms with van der Waals surface area (Å²) in [4.78, 5) is 12.2. The largest absolute Gasteiger partial charge is 0.457 e. The van der Waals surface area contributed by atoms with Gasteiger partial charge in [0, 0.05) is 13.0 Å². The van der Waals surface area contributed by atoms with Crippen molar-refractivity contribution in [3.63, 3.8) is 0 Å². The molecule has 4 heteroatoms. The van der Waals surface area contributed by atoms with Gasteiger partial charge in [0.05, 0.1) is 13.2 Å². The minimum Gasteiger partial charge on any atom is -0.457 e. The number of carbonyl (C=O) groups is 1. The molecule has 0 saturated carbocycles. The van der Waals surface area contributed by atoms with Crippen LogP contribution in [0, 0.1) is 0 Å². The number of rotatable bonds is 43. The Hall–Kier alpha value is -2.17. The summed E-state index contributed by atoms with van der Waals surface area (Å²) in [5.41, 5.74) is 0. The molecular formula is C51H90O4. The molecule has 0 aliphatic heterocycles. The van der Waals surface area contributed by atoms with Crippen molar-refractivity contribution in [3.8, 4) is 0 Å². The van der Waals surface area contributed by atoms with E-state index in [1.54, 1.807) is 0 Å². The van der Waals surface area contributed by atoms with Gasteiger partial charge in [-0.25, -0.2) is 0 Å². The second-order valence-corrected chi connectivity index (χ2v) is 15.4. The van der Waals surface area contributed by atoms with Crippen molar-refractivity contribution in [3.05, 3.63) is 72.9 Å². The van der Waals surface area contributed by atoms with E-state index in [1.165, 1.54) is 148 Å². The van der Waals surface area contributed by atoms with Crippen molar-refractivity contribution < 1.29 is 19.4 Å². The Kier molecular flexibility index (Phi) is 46.1. The van der Waals surface area contributed by atoms with Crippen LogP contribution in [0.25, 0.3) is 0 Å². The van der Waals surface area contributed by atoms with Crippen LogP contribution in [-0.2, 0) is 14.3 Å². The van der Waals surface area contributed by atoms with Crippen molar-refractivity contribution in [2.45, 2.75) is 225 Å². The van der Waals surface area contributed by atoms with Gasteiger partial charge in [-0.2, -0.15) is 0 Å². The van der Waals surface area contributed by atoms with Crippen LogP contribution in [-0.4, -0.2) is 37.0 Å². The Morgan fingerprint density at radius 2 is 0.818 bits per heavy atom. The third-order valence-electron chi connectivity index (χ3n) is 10.0. The number of hydrogen-bond donors (Lipinski definition) is 1. The molecule has 0 saturated heterocycles. The second kappa shape index (κ2) is 48.0. The van der Waals surface area contributed by atoms with Gasteiger partial charge < -0.3 is 14.6 Å². The number of aliphatic hydroxyl groups is 1. The van der Waals surface area contributed by atoms with Gasteiger partial charge in [0.1, 0.15) is 6.10 Å². The SMILES string of the molecule is CC/C=C\C/C=C\C/C=C\C/C=C\CCCCCCCCCCCOCC(CO)OC(=O)CCCCCCCCCCC/C=C\C/C=C\CCCCCCC. The van der Waals surface area contributed by atoms with Crippen LogP contribution in [0.5, 0.6) is 0 Å². The van der Waals surface area contributed by atoms with Crippen LogP contribution in [0.4, 0.5) is 0 Å². The normalized spacial score (nSPS) is 13.0. The summed E-state index contributed by atoms with van der Waals surface area (Å²) >= 11 is 0. The zero-order valence-corrected chi connectivity index (χ0v) is 36.4. The van der Waals surface area contributed by atoms with Crippen LogP contribution in [0.15, 0.2) is 72.9 Å². The molecule has 0 aliphatic rings. The number of allylic oxidation sites excluding steroid dienone is 12. The lowest BCUT2D eigenvalue weighted by Gasteiger charge is -2.16. The highest BCUT2D eigenvalue weighted by Crippen LogP contribution is 2.14. The number of ether oxygens (including phenoxy) is 2. The van der Waals surface area contributed by atoms with Crippen LogP contribution in [0.1, 0.15) is 219 Å². The maximum absolute atomic E-state index is 12.2. The topological polar surface area (TPSA) is 55.8 Å². The number of aliphatic hydroxyl groups excluding tert-OH is 1. The van der Waals surface area contributed by atoms with Gasteiger partial charge in [-0.3, -0.25) is 4.79 Å². The van der Waals surface area contributed by atoms with E-state index in [9.17, 15) is 9.90 Å². The molecule has 0 aromatic heterocycles. The number of carbonyl (C=O) groups excluding carboxylic acids is 1. The van der Waals surface area contributed by atoms with Gasteiger partial charge in [-0.1, -0.05) is 202 Å². The molecule has 0 aromatic rings. The molecule has 0 amide bonds. The van der Waals surface area contributed by atoms with E-state index in [-0.39, 0.29) is 19.2 Å². The molecule has 0 aromatic carbocycles. The van der Waals surface area contributed by atoms with Gasteiger partial charge >= 0.3 is 5.97 Å². The summed E-state index contributed by atoms with van der Waals surface area (Å²) in [5, 5.41) is 9.63. The van der Waals surface area contributed by atoms with Gasteiger partial charge in [0.25, 0.3) is 0 Å². The monoisotopic (exact) mass is 767 g/mol. The third kappa shape index (κ3) is 46.1. The summed E-state index contributed by atoms with van der Waals surface area (Å²) in [7, 11) is 0. The predicted molar refractivity (Wildman–Crippen MR) is 242 cm³/mol. The predicted octanol–water partition coefficient (Wildman–Crippen LogP) is 15.8. The van der Waals surface area contributed by atoms with E-state index in [0.717, 1.165) is 51.4 Å². The van der Waals surface area contributed by atoms with E-state index < -0.39 is 6.10 Å². The molecule has 0 fully saturated rings. The molecule has 0 spiro atoms. The van der Waals surface area contributed by atoms with Gasteiger partial charge in [0.2, 0.25) is 0 Å². The van der Waals surface area contributed by atoms with E-state index >= 15 is 0 Å². The first-order chi connectivity index (χ1) is 27.2. The van der Waals surface area contributed by atoms with Crippen LogP contribution in [0.3, 0.4) is 0 Å². The van der Waals surface area contributed by atoms with Crippen LogP contribution < -0.4 is 0 Å². The number of esters is 1. The van der Waals surface area contributed by atoms with E-state index in [1.807, 2.05) is 0 Å². The Labute approximate surface area is 342 Å². The van der Waals surface area contributed by atoms with Gasteiger partial charge in [0.15, 0.2) is 0 Å². The molecule has 0 heterocycles. The molecule has 1 N–H and O–H groups in total. The van der Waals surface area contributed by atoms with Gasteiger partial charge in [-0.15, -0.1) is 0 Å². The minimum atomic E-state index is -0.544. The average molecular weight is 767 g/mol. The molecule has 1 atom stereocenters. The number of hydrogen-bond acceptors (Lipinski definition) is 4. The highest BCUT2D eigenvalue weighted by atomic mass is 16.6. The van der Waals surface area contributed by atoms with E-state index in [0.29, 0.717) is 13.0 Å². The Morgan fingerprint density at radius 3 is 1.24 bits per heavy atom. The quantitative estimate of drug-likeness (QED) is 0.0381. The second-order valence-electron chi connectivity index (χ2n) is 15.4. The Balaban J connectivity index is 3.46. The molecule has 0 bridgehead atoms. The average Bonchev–Trinajstić information content (AvgIpc) is 3.19. The molecule has 55 heavy (non-hydrogen) atoms. The third-order valence-corrected chi connectivity index (χ3v) is 10.0. The first kappa shape index (κ1) is 52.8. The summed E-state index contributed by atoms with van der Waals surface area (Å²) in [6.45, 7) is 5.21. The molecule has 0 rings (SSSR count). The van der Waals surface area contributed by atoms with Crippen LogP contribution in [0.2, 0.25) is 0 Å². The molecule has 4 nitrogen and oxygen atoms in total. The lowest BCUT2D eigenvalue weighted by atomic mass is 10.1. The molecular weight excluding hydrogens is 677 g/mol. The summed E-state index contributed by atoms with van der Waals surface area (Å²) < 4.78 is 11.2. The van der Waals surface area contributed by atoms with Crippen molar-refractivity contribution in [2.24, 2.45) is 0 Å². The summed E-state index contributed by atoms with van der Waals surface area (Å²) in [6, 6.07) is 0. The highest BCUT2D eigenvalue weighted by molar-refractivity contribution is 5.69. The van der Waals surface area contributed by atoms with E-state index in [4.69, 9.17) is 9.47 Å². The Morgan fingerprint density at radius 1 is 0.455 bits per heavy atom. The van der Waals surface area contributed by atoms with Gasteiger partial charge in [-0.05, 0) is 83.5 Å². The highest BCUT2D eigenvalue weighted by Gasteiger charge is 2.13. The van der Waals surface area contributed by atoms with Crippen LogP contribution >= 0.6 is 0 Å². The maximum Gasteiger partial charge on any atom is 0.306 e. The number of unbranched alkanes of at least 4 members (excludes halogenated alkanes) is 23. The van der Waals surface area contributed by atoms with Crippen molar-refractivity contribution in [1.82, 2.24) is 0 Å². The smallest absolute Gasteiger partial charge is 0.306 e. The standard InChI is InChI=1S/C51H90O4/c1-3-5-7-9-11-13-15-17-19-21-23-25-27-29-31-33-35-37-39-41-43-45-47-54-49-50(48-52)55-51(53)46-44-42-40-38-36-34-32-30-28-26-24-22-20-18-16-14-12-10-8-6-4-2/h5,7,11,13,16-19,22-25,50,52H,3-4,6,8-10,12,14-15,20-21,26-49H2,1-2H3/b7-5-,13-11-,18-16-,19-17-,24-22-,25-23-. The fourth-order valence-corrected chi connectivity index (χ4v) is 6.53. The molecule has 318 valence electrons. The van der Waals surface area contributed by atoms with E-state index in [2.05, 4.69) is 86.8 Å². The van der Waals surface area contributed by atoms with Crippen molar-refractivity contribution >= 4 is 5.97 Å². The maximum atomic E-state index is 12.2. The minimum absolute atomic E-state index is 0.178. The Bertz CT molecular complexity index is 942. The fourth-order valence-electron chi connectivity index (χ4n) is 6.53. The molecule has 0 radical (unpaired) electrons. The fraction of sp³-hybridized carbons (Fsp3) is 0.745.